The van der Waals surface area contributed by atoms with Gasteiger partial charge in [-0.05, 0) is 31.0 Å². The predicted molar refractivity (Wildman–Crippen MR) is 71.5 cm³/mol. The molecule has 2 N–H and O–H groups in total. The van der Waals surface area contributed by atoms with Crippen LogP contribution in [0, 0.1) is 0 Å². The topological polar surface area (TPSA) is 52.3 Å². The average molecular weight is 258 g/mol. The summed E-state index contributed by atoms with van der Waals surface area (Å²) >= 11 is 0. The lowest BCUT2D eigenvalue weighted by atomic mass is 10.1. The van der Waals surface area contributed by atoms with Crippen molar-refractivity contribution < 1.29 is 9.53 Å². The molecule has 1 rings (SSSR count). The van der Waals surface area contributed by atoms with E-state index >= 15 is 0 Å². The SMILES string of the molecule is CCCCOC(=O)c1ccc([C@@H](C)N)cc1.Cl. The Kier molecular flexibility index (Phi) is 7.59. The number of carbonyl (C=O) groups excluding carboxylic acids is 1. The van der Waals surface area contributed by atoms with E-state index in [2.05, 4.69) is 6.92 Å². The Morgan fingerprint density at radius 1 is 1.35 bits per heavy atom. The van der Waals surface area contributed by atoms with Crippen LogP contribution in [0.1, 0.15) is 48.7 Å². The van der Waals surface area contributed by atoms with Gasteiger partial charge in [-0.2, -0.15) is 0 Å². The van der Waals surface area contributed by atoms with Crippen LogP contribution in [0.3, 0.4) is 0 Å². The third kappa shape index (κ3) is 5.20. The number of hydrogen-bond acceptors (Lipinski definition) is 3. The lowest BCUT2D eigenvalue weighted by Gasteiger charge is -2.07. The van der Waals surface area contributed by atoms with Crippen molar-refractivity contribution in [1.82, 2.24) is 0 Å². The maximum absolute atomic E-state index is 11.5. The van der Waals surface area contributed by atoms with Crippen molar-refractivity contribution in [2.45, 2.75) is 32.7 Å². The van der Waals surface area contributed by atoms with Gasteiger partial charge in [0.2, 0.25) is 0 Å². The first-order valence-corrected chi connectivity index (χ1v) is 5.67. The maximum atomic E-state index is 11.5. The molecule has 1 aromatic carbocycles. The van der Waals surface area contributed by atoms with Crippen LogP contribution in [0.25, 0.3) is 0 Å². The minimum atomic E-state index is -0.260. The molecule has 3 nitrogen and oxygen atoms in total. The molecule has 0 saturated heterocycles. The molecule has 0 aliphatic rings. The molecular weight excluding hydrogens is 238 g/mol. The van der Waals surface area contributed by atoms with Gasteiger partial charge in [-0.25, -0.2) is 4.79 Å². The van der Waals surface area contributed by atoms with Gasteiger partial charge >= 0.3 is 5.97 Å². The summed E-state index contributed by atoms with van der Waals surface area (Å²) in [4.78, 5) is 11.5. The average Bonchev–Trinajstić information content (AvgIpc) is 2.29. The summed E-state index contributed by atoms with van der Waals surface area (Å²) in [6.07, 6.45) is 1.93. The zero-order valence-corrected chi connectivity index (χ0v) is 11.1. The molecule has 0 unspecified atom stereocenters. The molecule has 0 spiro atoms. The predicted octanol–water partition coefficient (Wildman–Crippen LogP) is 3.09. The van der Waals surface area contributed by atoms with Gasteiger partial charge in [-0.15, -0.1) is 12.4 Å². The first-order valence-electron chi connectivity index (χ1n) is 5.67. The van der Waals surface area contributed by atoms with Gasteiger partial charge in [-0.1, -0.05) is 25.5 Å². The second-order valence-electron chi connectivity index (χ2n) is 3.90. The molecule has 1 aromatic rings. The summed E-state index contributed by atoms with van der Waals surface area (Å²) in [5.41, 5.74) is 7.32. The molecule has 0 saturated carbocycles. The van der Waals surface area contributed by atoms with E-state index in [0.717, 1.165) is 18.4 Å². The van der Waals surface area contributed by atoms with Crippen molar-refractivity contribution in [2.24, 2.45) is 5.73 Å². The second kappa shape index (κ2) is 8.09. The number of ether oxygens (including phenoxy) is 1. The molecule has 0 bridgehead atoms. The van der Waals surface area contributed by atoms with E-state index in [1.54, 1.807) is 12.1 Å². The van der Waals surface area contributed by atoms with Gasteiger partial charge in [-0.3, -0.25) is 0 Å². The van der Waals surface area contributed by atoms with Gasteiger partial charge in [0.15, 0.2) is 0 Å². The highest BCUT2D eigenvalue weighted by Crippen LogP contribution is 2.11. The minimum absolute atomic E-state index is 0. The van der Waals surface area contributed by atoms with E-state index in [1.165, 1.54) is 0 Å². The Morgan fingerprint density at radius 3 is 2.41 bits per heavy atom. The number of halogens is 1. The summed E-state index contributed by atoms with van der Waals surface area (Å²) in [5.74, 6) is -0.260. The number of rotatable bonds is 5. The zero-order valence-electron chi connectivity index (χ0n) is 10.3. The van der Waals surface area contributed by atoms with Crippen LogP contribution in [0.15, 0.2) is 24.3 Å². The van der Waals surface area contributed by atoms with E-state index in [0.29, 0.717) is 12.2 Å². The Labute approximate surface area is 109 Å². The van der Waals surface area contributed by atoms with Gasteiger partial charge in [0.25, 0.3) is 0 Å². The second-order valence-corrected chi connectivity index (χ2v) is 3.90. The van der Waals surface area contributed by atoms with Crippen molar-refractivity contribution in [3.8, 4) is 0 Å². The number of unbranched alkanes of at least 4 members (excludes halogenated alkanes) is 1. The van der Waals surface area contributed by atoms with Crippen LogP contribution in [0.4, 0.5) is 0 Å². The Bertz CT molecular complexity index is 336. The van der Waals surface area contributed by atoms with E-state index in [9.17, 15) is 4.79 Å². The zero-order chi connectivity index (χ0) is 12.0. The maximum Gasteiger partial charge on any atom is 0.338 e. The van der Waals surface area contributed by atoms with E-state index < -0.39 is 0 Å². The molecule has 0 radical (unpaired) electrons. The van der Waals surface area contributed by atoms with Crippen molar-refractivity contribution in [3.05, 3.63) is 35.4 Å². The molecule has 17 heavy (non-hydrogen) atoms. The van der Waals surface area contributed by atoms with Gasteiger partial charge in [0, 0.05) is 6.04 Å². The lowest BCUT2D eigenvalue weighted by molar-refractivity contribution is 0.0499. The quantitative estimate of drug-likeness (QED) is 0.651. The summed E-state index contributed by atoms with van der Waals surface area (Å²) in [6, 6.07) is 7.23. The summed E-state index contributed by atoms with van der Waals surface area (Å²) in [7, 11) is 0. The fourth-order valence-electron chi connectivity index (χ4n) is 1.32. The Hall–Kier alpha value is -1.06. The van der Waals surface area contributed by atoms with Crippen LogP contribution >= 0.6 is 12.4 Å². The third-order valence-electron chi connectivity index (χ3n) is 2.40. The van der Waals surface area contributed by atoms with Crippen LogP contribution < -0.4 is 5.73 Å². The van der Waals surface area contributed by atoms with Crippen molar-refractivity contribution in [1.29, 1.82) is 0 Å². The fraction of sp³-hybridized carbons (Fsp3) is 0.462. The molecule has 0 aromatic heterocycles. The molecule has 0 heterocycles. The standard InChI is InChI=1S/C13H19NO2.ClH/c1-3-4-9-16-13(15)12-7-5-11(6-8-12)10(2)14;/h5-8,10H,3-4,9,14H2,1-2H3;1H/t10-;/m1./s1. The first kappa shape index (κ1) is 15.9. The van der Waals surface area contributed by atoms with E-state index in [4.69, 9.17) is 10.5 Å². The highest BCUT2D eigenvalue weighted by molar-refractivity contribution is 5.89. The molecule has 0 amide bonds. The van der Waals surface area contributed by atoms with Crippen LogP contribution in [0.5, 0.6) is 0 Å². The Balaban J connectivity index is 0.00000256. The van der Waals surface area contributed by atoms with Gasteiger partial charge in [0.1, 0.15) is 0 Å². The molecule has 96 valence electrons. The monoisotopic (exact) mass is 257 g/mol. The van der Waals surface area contributed by atoms with Crippen LogP contribution in [0.2, 0.25) is 0 Å². The number of esters is 1. The largest absolute Gasteiger partial charge is 0.462 e. The smallest absolute Gasteiger partial charge is 0.338 e. The number of hydrogen-bond donors (Lipinski definition) is 1. The highest BCUT2D eigenvalue weighted by Gasteiger charge is 2.07. The van der Waals surface area contributed by atoms with Gasteiger partial charge in [0.05, 0.1) is 12.2 Å². The molecule has 0 aliphatic carbocycles. The number of benzene rings is 1. The van der Waals surface area contributed by atoms with Crippen molar-refractivity contribution in [2.75, 3.05) is 6.61 Å². The third-order valence-corrected chi connectivity index (χ3v) is 2.40. The molecule has 0 aliphatic heterocycles. The lowest BCUT2D eigenvalue weighted by Crippen LogP contribution is -2.08. The highest BCUT2D eigenvalue weighted by atomic mass is 35.5. The molecular formula is C13H20ClNO2. The first-order chi connectivity index (χ1) is 7.65. The number of carbonyl (C=O) groups is 1. The van der Waals surface area contributed by atoms with E-state index in [-0.39, 0.29) is 24.4 Å². The van der Waals surface area contributed by atoms with E-state index in [1.807, 2.05) is 19.1 Å². The molecule has 1 atom stereocenters. The molecule has 4 heteroatoms. The number of nitrogens with two attached hydrogens (primary N) is 1. The van der Waals surface area contributed by atoms with Crippen molar-refractivity contribution >= 4 is 18.4 Å². The van der Waals surface area contributed by atoms with Gasteiger partial charge < -0.3 is 10.5 Å². The summed E-state index contributed by atoms with van der Waals surface area (Å²) in [5, 5.41) is 0. The van der Waals surface area contributed by atoms with Crippen LogP contribution in [-0.2, 0) is 4.74 Å². The normalized spacial score (nSPS) is 11.5. The fourth-order valence-corrected chi connectivity index (χ4v) is 1.32. The summed E-state index contributed by atoms with van der Waals surface area (Å²) < 4.78 is 5.10. The van der Waals surface area contributed by atoms with Crippen LogP contribution in [-0.4, -0.2) is 12.6 Å². The van der Waals surface area contributed by atoms with Crippen molar-refractivity contribution in [3.63, 3.8) is 0 Å². The molecule has 0 fully saturated rings. The Morgan fingerprint density at radius 2 is 1.94 bits per heavy atom. The summed E-state index contributed by atoms with van der Waals surface area (Å²) in [6.45, 7) is 4.46. The minimum Gasteiger partial charge on any atom is -0.462 e.